The number of carbonyl (C=O) groups excluding carboxylic acids is 2. The van der Waals surface area contributed by atoms with E-state index in [4.69, 9.17) is 9.97 Å². The molecule has 2 aromatic heterocycles. The van der Waals surface area contributed by atoms with E-state index in [-0.39, 0.29) is 11.8 Å². The second-order valence-corrected chi connectivity index (χ2v) is 11.2. The molecule has 4 heterocycles. The number of thiazole rings is 2. The Labute approximate surface area is 224 Å². The average molecular weight is 529 g/mol. The summed E-state index contributed by atoms with van der Waals surface area (Å²) < 4.78 is 2.20. The summed E-state index contributed by atoms with van der Waals surface area (Å²) in [5, 5.41) is 7.62. The van der Waals surface area contributed by atoms with Crippen molar-refractivity contribution in [1.82, 2.24) is 9.97 Å². The Morgan fingerprint density at radius 2 is 1.00 bits per heavy atom. The van der Waals surface area contributed by atoms with E-state index < -0.39 is 0 Å². The van der Waals surface area contributed by atoms with Crippen molar-refractivity contribution in [2.45, 2.75) is 0 Å². The number of anilines is 2. The maximum atomic E-state index is 13.3. The fourth-order valence-electron chi connectivity index (χ4n) is 5.09. The molecule has 0 saturated carbocycles. The molecule has 180 valence electrons. The maximum absolute atomic E-state index is 13.3. The minimum atomic E-state index is -0.287. The first-order valence-electron chi connectivity index (χ1n) is 12.0. The summed E-state index contributed by atoms with van der Waals surface area (Å²) in [5.74, 6) is -0.574. The predicted octanol–water partition coefficient (Wildman–Crippen LogP) is 7.06. The third-order valence-corrected chi connectivity index (χ3v) is 9.03. The molecule has 0 radical (unpaired) electrons. The lowest BCUT2D eigenvalue weighted by Crippen LogP contribution is -2.10. The zero-order chi connectivity index (χ0) is 25.4. The molecule has 2 N–H and O–H groups in total. The van der Waals surface area contributed by atoms with E-state index >= 15 is 0 Å². The number of amides is 2. The van der Waals surface area contributed by atoms with E-state index in [0.717, 1.165) is 41.6 Å². The van der Waals surface area contributed by atoms with Gasteiger partial charge in [0, 0.05) is 33.6 Å². The van der Waals surface area contributed by atoms with Gasteiger partial charge in [-0.15, -0.1) is 22.7 Å². The number of aromatic nitrogens is 2. The summed E-state index contributed by atoms with van der Waals surface area (Å²) in [5.41, 5.74) is 7.21. The second-order valence-electron chi connectivity index (χ2n) is 9.15. The lowest BCUT2D eigenvalue weighted by molar-refractivity contribution is -0.112. The van der Waals surface area contributed by atoms with Gasteiger partial charge in [-0.2, -0.15) is 0 Å². The molecular formula is C30H16N4O2S2. The fourth-order valence-corrected chi connectivity index (χ4v) is 7.01. The number of carbonyl (C=O) groups is 2. The van der Waals surface area contributed by atoms with Crippen LogP contribution >= 0.6 is 22.7 Å². The van der Waals surface area contributed by atoms with Crippen LogP contribution in [-0.4, -0.2) is 21.8 Å². The quantitative estimate of drug-likeness (QED) is 0.236. The lowest BCUT2D eigenvalue weighted by Gasteiger charge is -2.06. The summed E-state index contributed by atoms with van der Waals surface area (Å²) in [4.78, 5) is 36.1. The highest BCUT2D eigenvalue weighted by Gasteiger charge is 2.36. The molecule has 6 nitrogen and oxygen atoms in total. The monoisotopic (exact) mass is 528 g/mol. The van der Waals surface area contributed by atoms with Crippen molar-refractivity contribution < 1.29 is 9.59 Å². The fraction of sp³-hybridized carbons (Fsp3) is 0. The number of hydrogen-bond acceptors (Lipinski definition) is 6. The molecule has 0 spiro atoms. The molecule has 4 aromatic carbocycles. The number of nitrogens with one attached hydrogen (secondary N) is 2. The maximum Gasteiger partial charge on any atom is 0.257 e. The SMILES string of the molecule is O=C1Nc2ccc(-c3nc4ccccc4s3)cc2/C1=C1\C(=O)Nc2ccc(-c3nc4ccccc4s3)cc21. The summed E-state index contributed by atoms with van der Waals surface area (Å²) in [6.07, 6.45) is 0. The van der Waals surface area contributed by atoms with Crippen LogP contribution < -0.4 is 10.6 Å². The van der Waals surface area contributed by atoms with Crippen LogP contribution in [0.5, 0.6) is 0 Å². The van der Waals surface area contributed by atoms with Crippen LogP contribution in [0, 0.1) is 0 Å². The van der Waals surface area contributed by atoms with Crippen molar-refractivity contribution in [2.75, 3.05) is 10.6 Å². The average Bonchev–Trinajstić information content (AvgIpc) is 3.69. The first-order chi connectivity index (χ1) is 18.6. The first-order valence-corrected chi connectivity index (χ1v) is 13.6. The Balaban J connectivity index is 1.29. The first kappa shape index (κ1) is 21.4. The number of hydrogen-bond donors (Lipinski definition) is 2. The Hall–Kier alpha value is -4.66. The highest BCUT2D eigenvalue weighted by atomic mass is 32.1. The zero-order valence-corrected chi connectivity index (χ0v) is 21.2. The van der Waals surface area contributed by atoms with Gasteiger partial charge in [-0.05, 0) is 60.7 Å². The standard InChI is InChI=1S/C30H16N4O2S2/c35-27-25(17-13-15(9-11-19(17)31-27)29-33-21-5-1-3-7-23(21)37-29)26-18-14-16(10-12-20(18)32-28(26)36)30-34-22-6-2-4-8-24(22)38-30/h1-14H,(H,31,35)(H,32,36)/b26-25+. The normalized spacial score (nSPS) is 16.1. The third kappa shape index (κ3) is 3.17. The lowest BCUT2D eigenvalue weighted by atomic mass is 9.94. The summed E-state index contributed by atoms with van der Waals surface area (Å²) in [7, 11) is 0. The highest BCUT2D eigenvalue weighted by Crippen LogP contribution is 2.45. The van der Waals surface area contributed by atoms with E-state index in [0.29, 0.717) is 33.6 Å². The molecule has 0 fully saturated rings. The van der Waals surface area contributed by atoms with Gasteiger partial charge in [0.1, 0.15) is 10.0 Å². The van der Waals surface area contributed by atoms with Crippen LogP contribution in [0.4, 0.5) is 11.4 Å². The van der Waals surface area contributed by atoms with Crippen molar-refractivity contribution in [3.8, 4) is 21.1 Å². The minimum absolute atomic E-state index is 0.287. The molecule has 38 heavy (non-hydrogen) atoms. The van der Waals surface area contributed by atoms with Gasteiger partial charge in [-0.1, -0.05) is 24.3 Å². The Morgan fingerprint density at radius 1 is 0.553 bits per heavy atom. The van der Waals surface area contributed by atoms with Crippen LogP contribution in [0.1, 0.15) is 11.1 Å². The Kier molecular flexibility index (Phi) is 4.46. The topological polar surface area (TPSA) is 84.0 Å². The van der Waals surface area contributed by atoms with Crippen LogP contribution in [-0.2, 0) is 9.59 Å². The molecule has 0 unspecified atom stereocenters. The molecule has 2 amide bonds. The number of nitrogens with zero attached hydrogens (tertiary/aromatic N) is 2. The van der Waals surface area contributed by atoms with E-state index in [9.17, 15) is 9.59 Å². The van der Waals surface area contributed by atoms with Gasteiger partial charge in [0.25, 0.3) is 11.8 Å². The van der Waals surface area contributed by atoms with Gasteiger partial charge < -0.3 is 10.6 Å². The molecule has 8 heteroatoms. The van der Waals surface area contributed by atoms with Crippen molar-refractivity contribution in [3.05, 3.63) is 96.1 Å². The number of benzene rings is 4. The molecule has 8 rings (SSSR count). The molecule has 6 aromatic rings. The number of rotatable bonds is 2. The Bertz CT molecular complexity index is 1820. The molecular weight excluding hydrogens is 512 g/mol. The van der Waals surface area contributed by atoms with Gasteiger partial charge in [-0.25, -0.2) is 9.97 Å². The van der Waals surface area contributed by atoms with Gasteiger partial charge in [0.2, 0.25) is 0 Å². The second kappa shape index (κ2) is 7.92. The predicted molar refractivity (Wildman–Crippen MR) is 154 cm³/mol. The zero-order valence-electron chi connectivity index (χ0n) is 19.6. The van der Waals surface area contributed by atoms with E-state index in [2.05, 4.69) is 10.6 Å². The van der Waals surface area contributed by atoms with Crippen LogP contribution in [0.25, 0.3) is 52.7 Å². The number of para-hydroxylation sites is 2. The Morgan fingerprint density at radius 3 is 1.45 bits per heavy atom. The van der Waals surface area contributed by atoms with Crippen LogP contribution in [0.15, 0.2) is 84.9 Å². The molecule has 2 aliphatic heterocycles. The molecule has 0 saturated heterocycles. The largest absolute Gasteiger partial charge is 0.321 e. The van der Waals surface area contributed by atoms with E-state index in [1.807, 2.05) is 84.9 Å². The smallest absolute Gasteiger partial charge is 0.257 e. The molecule has 2 aliphatic rings. The molecule has 0 atom stereocenters. The van der Waals surface area contributed by atoms with Gasteiger partial charge >= 0.3 is 0 Å². The van der Waals surface area contributed by atoms with Crippen molar-refractivity contribution in [3.63, 3.8) is 0 Å². The van der Waals surface area contributed by atoms with Crippen LogP contribution in [0.3, 0.4) is 0 Å². The van der Waals surface area contributed by atoms with Gasteiger partial charge in [-0.3, -0.25) is 9.59 Å². The van der Waals surface area contributed by atoms with Crippen LogP contribution in [0.2, 0.25) is 0 Å². The number of fused-ring (bicyclic) bond motifs is 4. The van der Waals surface area contributed by atoms with E-state index in [1.54, 1.807) is 22.7 Å². The van der Waals surface area contributed by atoms with Crippen molar-refractivity contribution in [2.24, 2.45) is 0 Å². The summed E-state index contributed by atoms with van der Waals surface area (Å²) in [6, 6.07) is 27.6. The minimum Gasteiger partial charge on any atom is -0.321 e. The summed E-state index contributed by atoms with van der Waals surface area (Å²) in [6.45, 7) is 0. The van der Waals surface area contributed by atoms with Gasteiger partial charge in [0.15, 0.2) is 0 Å². The van der Waals surface area contributed by atoms with Gasteiger partial charge in [0.05, 0.1) is 31.6 Å². The third-order valence-electron chi connectivity index (χ3n) is 6.86. The summed E-state index contributed by atoms with van der Waals surface area (Å²) >= 11 is 3.21. The molecule has 0 bridgehead atoms. The van der Waals surface area contributed by atoms with E-state index in [1.165, 1.54) is 0 Å². The molecule has 0 aliphatic carbocycles. The van der Waals surface area contributed by atoms with Crippen molar-refractivity contribution in [1.29, 1.82) is 0 Å². The highest BCUT2D eigenvalue weighted by molar-refractivity contribution is 7.22. The van der Waals surface area contributed by atoms with Crippen molar-refractivity contribution >= 4 is 77.4 Å².